The molecule has 4 rings (SSSR count). The average Bonchev–Trinajstić information content (AvgIpc) is 2.91. The smallest absolute Gasteiger partial charge is 0.225 e. The number of nitrogens with one attached hydrogen (secondary N) is 2. The number of hydrogen-bond acceptors (Lipinski definition) is 8. The SMILES string of the molecule is CN(C)c1nc(N[C@H]2CC[C@@H](NCCN(CCC#N)c3cccc(CN)c3)CC2)nc2c1CCCC2. The summed E-state index contributed by atoms with van der Waals surface area (Å²) in [4.78, 5) is 14.2. The molecule has 4 N–H and O–H groups in total. The zero-order valence-corrected chi connectivity index (χ0v) is 22.0. The molecule has 0 amide bonds. The predicted molar refractivity (Wildman–Crippen MR) is 147 cm³/mol. The Kier molecular flexibility index (Phi) is 9.37. The summed E-state index contributed by atoms with van der Waals surface area (Å²) in [5.41, 5.74) is 10.7. The van der Waals surface area contributed by atoms with Gasteiger partial charge in [0.1, 0.15) is 5.82 Å². The molecule has 1 aromatic carbocycles. The number of nitrogens with two attached hydrogens (primary N) is 1. The Morgan fingerprint density at radius 2 is 1.83 bits per heavy atom. The third-order valence-electron chi connectivity index (χ3n) is 7.46. The van der Waals surface area contributed by atoms with Crippen molar-refractivity contribution >= 4 is 17.5 Å². The fourth-order valence-corrected chi connectivity index (χ4v) is 5.47. The number of fused-ring (bicyclic) bond motifs is 1. The average molecular weight is 491 g/mol. The number of nitrogens with zero attached hydrogens (tertiary/aromatic N) is 5. The molecule has 0 bridgehead atoms. The van der Waals surface area contributed by atoms with E-state index in [1.807, 2.05) is 12.1 Å². The van der Waals surface area contributed by atoms with Crippen LogP contribution >= 0.6 is 0 Å². The molecular weight excluding hydrogens is 448 g/mol. The Labute approximate surface area is 216 Å². The van der Waals surface area contributed by atoms with Gasteiger partial charge in [-0.25, -0.2) is 4.98 Å². The van der Waals surface area contributed by atoms with Crippen LogP contribution in [0, 0.1) is 11.3 Å². The molecule has 8 nitrogen and oxygen atoms in total. The van der Waals surface area contributed by atoms with Gasteiger partial charge in [0, 0.05) is 63.6 Å². The maximum absolute atomic E-state index is 9.09. The van der Waals surface area contributed by atoms with Gasteiger partial charge in [-0.15, -0.1) is 0 Å². The normalized spacial score (nSPS) is 19.3. The van der Waals surface area contributed by atoms with E-state index < -0.39 is 0 Å². The first-order valence-corrected chi connectivity index (χ1v) is 13.5. The second-order valence-corrected chi connectivity index (χ2v) is 10.3. The Bertz CT molecular complexity index is 1020. The van der Waals surface area contributed by atoms with Crippen LogP contribution in [0.25, 0.3) is 0 Å². The molecule has 2 aliphatic rings. The molecule has 0 spiro atoms. The molecule has 0 atom stereocenters. The molecule has 2 aromatic rings. The highest BCUT2D eigenvalue weighted by Crippen LogP contribution is 2.29. The lowest BCUT2D eigenvalue weighted by molar-refractivity contribution is 0.355. The minimum absolute atomic E-state index is 0.422. The molecule has 1 aromatic heterocycles. The van der Waals surface area contributed by atoms with Crippen molar-refractivity contribution in [3.63, 3.8) is 0 Å². The van der Waals surface area contributed by atoms with Gasteiger partial charge in [0.05, 0.1) is 18.2 Å². The lowest BCUT2D eigenvalue weighted by Gasteiger charge is -2.31. The first-order chi connectivity index (χ1) is 17.6. The van der Waals surface area contributed by atoms with E-state index in [1.165, 1.54) is 24.1 Å². The molecule has 0 saturated heterocycles. The van der Waals surface area contributed by atoms with Crippen molar-refractivity contribution in [3.05, 3.63) is 41.1 Å². The minimum Gasteiger partial charge on any atom is -0.369 e. The van der Waals surface area contributed by atoms with Crippen LogP contribution in [0.3, 0.4) is 0 Å². The van der Waals surface area contributed by atoms with Gasteiger partial charge in [0.2, 0.25) is 5.95 Å². The summed E-state index contributed by atoms with van der Waals surface area (Å²) in [7, 11) is 4.16. The van der Waals surface area contributed by atoms with Crippen LogP contribution in [0.4, 0.5) is 17.5 Å². The number of hydrogen-bond donors (Lipinski definition) is 3. The third-order valence-corrected chi connectivity index (χ3v) is 7.46. The van der Waals surface area contributed by atoms with Crippen LogP contribution < -0.4 is 26.2 Å². The van der Waals surface area contributed by atoms with Crippen molar-refractivity contribution in [2.75, 3.05) is 48.8 Å². The topological polar surface area (TPSA) is 106 Å². The zero-order chi connectivity index (χ0) is 25.3. The number of nitriles is 1. The Morgan fingerprint density at radius 3 is 2.58 bits per heavy atom. The van der Waals surface area contributed by atoms with E-state index in [2.05, 4.69) is 52.7 Å². The number of anilines is 3. The molecule has 0 radical (unpaired) electrons. The van der Waals surface area contributed by atoms with E-state index in [0.29, 0.717) is 25.0 Å². The fourth-order valence-electron chi connectivity index (χ4n) is 5.47. The maximum atomic E-state index is 9.09. The molecule has 0 unspecified atom stereocenters. The summed E-state index contributed by atoms with van der Waals surface area (Å²) in [6.07, 6.45) is 9.64. The van der Waals surface area contributed by atoms with Crippen LogP contribution in [-0.4, -0.2) is 55.8 Å². The standard InChI is InChI=1S/C28H42N8/c1-35(2)27-25-9-3-4-10-26(25)33-28(34-27)32-23-13-11-22(12-14-23)31-16-18-36(17-6-15-29)24-8-5-7-21(19-24)20-30/h5,7-8,19,22-23,31H,3-4,6,9-14,16-18,20,30H2,1-2H3,(H,32,33,34)/t22-,23+. The highest BCUT2D eigenvalue weighted by molar-refractivity contribution is 5.53. The van der Waals surface area contributed by atoms with Crippen LogP contribution in [0.1, 0.15) is 61.8 Å². The van der Waals surface area contributed by atoms with Gasteiger partial charge in [-0.3, -0.25) is 0 Å². The van der Waals surface area contributed by atoms with Crippen LogP contribution in [0.15, 0.2) is 24.3 Å². The quantitative estimate of drug-likeness (QED) is 0.439. The van der Waals surface area contributed by atoms with E-state index in [0.717, 1.165) is 81.2 Å². The highest BCUT2D eigenvalue weighted by Gasteiger charge is 2.24. The van der Waals surface area contributed by atoms with Crippen molar-refractivity contribution in [2.24, 2.45) is 5.73 Å². The largest absolute Gasteiger partial charge is 0.369 e. The number of benzene rings is 1. The van der Waals surface area contributed by atoms with Crippen molar-refractivity contribution in [1.29, 1.82) is 5.26 Å². The molecule has 1 saturated carbocycles. The number of rotatable bonds is 11. The summed E-state index contributed by atoms with van der Waals surface area (Å²) in [5.74, 6) is 1.87. The van der Waals surface area contributed by atoms with Crippen molar-refractivity contribution in [2.45, 2.75) is 76.4 Å². The molecule has 1 heterocycles. The van der Waals surface area contributed by atoms with Crippen LogP contribution in [0.2, 0.25) is 0 Å². The molecule has 1 fully saturated rings. The highest BCUT2D eigenvalue weighted by atomic mass is 15.2. The van der Waals surface area contributed by atoms with Gasteiger partial charge >= 0.3 is 0 Å². The van der Waals surface area contributed by atoms with Crippen LogP contribution in [0.5, 0.6) is 0 Å². The summed E-state index contributed by atoms with van der Waals surface area (Å²) in [6.45, 7) is 3.05. The molecule has 194 valence electrons. The number of aryl methyl sites for hydroxylation is 1. The summed E-state index contributed by atoms with van der Waals surface area (Å²) in [5, 5.41) is 16.5. The molecule has 36 heavy (non-hydrogen) atoms. The van der Waals surface area contributed by atoms with Crippen molar-refractivity contribution < 1.29 is 0 Å². The van der Waals surface area contributed by atoms with E-state index >= 15 is 0 Å². The van der Waals surface area contributed by atoms with Gasteiger partial charge in [0.15, 0.2) is 0 Å². The molecule has 8 heteroatoms. The first-order valence-electron chi connectivity index (χ1n) is 13.5. The third kappa shape index (κ3) is 6.86. The minimum atomic E-state index is 0.422. The summed E-state index contributed by atoms with van der Waals surface area (Å²) < 4.78 is 0. The molecule has 2 aliphatic carbocycles. The summed E-state index contributed by atoms with van der Waals surface area (Å²) in [6, 6.07) is 11.6. The van der Waals surface area contributed by atoms with Crippen molar-refractivity contribution in [1.82, 2.24) is 15.3 Å². The second kappa shape index (κ2) is 12.9. The maximum Gasteiger partial charge on any atom is 0.225 e. The van der Waals surface area contributed by atoms with Gasteiger partial charge in [-0.1, -0.05) is 12.1 Å². The van der Waals surface area contributed by atoms with E-state index in [4.69, 9.17) is 21.0 Å². The Balaban J connectivity index is 1.26. The van der Waals surface area contributed by atoms with Gasteiger partial charge in [-0.05, 0) is 69.1 Å². The van der Waals surface area contributed by atoms with E-state index in [-0.39, 0.29) is 0 Å². The monoisotopic (exact) mass is 490 g/mol. The molecule has 0 aliphatic heterocycles. The van der Waals surface area contributed by atoms with Crippen molar-refractivity contribution in [3.8, 4) is 6.07 Å². The fraction of sp³-hybridized carbons (Fsp3) is 0.607. The van der Waals surface area contributed by atoms with Gasteiger partial charge < -0.3 is 26.2 Å². The van der Waals surface area contributed by atoms with Gasteiger partial charge in [-0.2, -0.15) is 10.2 Å². The first kappa shape index (κ1) is 26.2. The Morgan fingerprint density at radius 1 is 1.06 bits per heavy atom. The summed E-state index contributed by atoms with van der Waals surface area (Å²) >= 11 is 0. The lowest BCUT2D eigenvalue weighted by Crippen LogP contribution is -2.41. The lowest BCUT2D eigenvalue weighted by atomic mass is 9.91. The Hall–Kier alpha value is -2.89. The second-order valence-electron chi connectivity index (χ2n) is 10.3. The van der Waals surface area contributed by atoms with E-state index in [1.54, 1.807) is 0 Å². The zero-order valence-electron chi connectivity index (χ0n) is 22.0. The predicted octanol–water partition coefficient (Wildman–Crippen LogP) is 3.61. The number of aromatic nitrogens is 2. The van der Waals surface area contributed by atoms with E-state index in [9.17, 15) is 0 Å². The molecular formula is C28H42N8. The van der Waals surface area contributed by atoms with Crippen LogP contribution in [-0.2, 0) is 19.4 Å². The van der Waals surface area contributed by atoms with Gasteiger partial charge in [0.25, 0.3) is 0 Å².